The standard InChI is InChI=1S/C18H23N3O4S/c1-18(8-11-26(23,24)12-18)20-16(22)13-6-9-21(10-7-13)17-19-14-4-2-3-5-15(14)25-17/h2-5,13H,6-12H2,1H3,(H,20,22). The van der Waals surface area contributed by atoms with Crippen molar-refractivity contribution >= 4 is 32.9 Å². The first-order chi connectivity index (χ1) is 12.3. The smallest absolute Gasteiger partial charge is 0.298 e. The van der Waals surface area contributed by atoms with Crippen LogP contribution in [-0.4, -0.2) is 49.4 Å². The van der Waals surface area contributed by atoms with Gasteiger partial charge in [-0.25, -0.2) is 8.42 Å². The minimum atomic E-state index is -3.03. The number of carbonyl (C=O) groups excluding carboxylic acids is 1. The number of fused-ring (bicyclic) bond motifs is 1. The summed E-state index contributed by atoms with van der Waals surface area (Å²) in [6.07, 6.45) is 1.89. The number of amides is 1. The fourth-order valence-electron chi connectivity index (χ4n) is 3.84. The molecule has 4 rings (SSSR count). The quantitative estimate of drug-likeness (QED) is 0.876. The molecule has 26 heavy (non-hydrogen) atoms. The zero-order valence-corrected chi connectivity index (χ0v) is 15.6. The zero-order valence-electron chi connectivity index (χ0n) is 14.8. The summed E-state index contributed by atoms with van der Waals surface area (Å²) in [6.45, 7) is 3.21. The summed E-state index contributed by atoms with van der Waals surface area (Å²) in [5.41, 5.74) is 0.961. The van der Waals surface area contributed by atoms with Gasteiger partial charge in [0.05, 0.1) is 17.0 Å². The summed E-state index contributed by atoms with van der Waals surface area (Å²) in [5, 5.41) is 2.98. The van der Waals surface area contributed by atoms with Crippen LogP contribution in [0.15, 0.2) is 28.7 Å². The molecule has 0 radical (unpaired) electrons. The maximum atomic E-state index is 12.6. The fraction of sp³-hybridized carbons (Fsp3) is 0.556. The van der Waals surface area contributed by atoms with Crippen molar-refractivity contribution in [3.63, 3.8) is 0 Å². The minimum absolute atomic E-state index is 0.0352. The molecule has 1 amide bonds. The van der Waals surface area contributed by atoms with E-state index in [0.29, 0.717) is 38.4 Å². The molecule has 3 heterocycles. The Balaban J connectivity index is 1.36. The number of nitrogens with zero attached hydrogens (tertiary/aromatic N) is 2. The van der Waals surface area contributed by atoms with Crippen molar-refractivity contribution in [3.05, 3.63) is 24.3 Å². The van der Waals surface area contributed by atoms with Crippen molar-refractivity contribution in [2.45, 2.75) is 31.7 Å². The number of rotatable bonds is 3. The molecule has 1 aromatic carbocycles. The molecule has 140 valence electrons. The number of hydrogen-bond donors (Lipinski definition) is 1. The molecule has 2 aliphatic heterocycles. The van der Waals surface area contributed by atoms with Crippen LogP contribution in [0.25, 0.3) is 11.1 Å². The van der Waals surface area contributed by atoms with Gasteiger partial charge < -0.3 is 14.6 Å². The molecule has 2 aromatic rings. The van der Waals surface area contributed by atoms with Crippen molar-refractivity contribution < 1.29 is 17.6 Å². The number of carbonyl (C=O) groups is 1. The van der Waals surface area contributed by atoms with E-state index in [1.807, 2.05) is 31.2 Å². The van der Waals surface area contributed by atoms with Gasteiger partial charge in [0.15, 0.2) is 15.4 Å². The molecule has 2 saturated heterocycles. The van der Waals surface area contributed by atoms with Gasteiger partial charge in [0.2, 0.25) is 5.91 Å². The van der Waals surface area contributed by atoms with Gasteiger partial charge in [-0.15, -0.1) is 0 Å². The van der Waals surface area contributed by atoms with Crippen molar-refractivity contribution in [2.75, 3.05) is 29.5 Å². The van der Waals surface area contributed by atoms with Gasteiger partial charge in [-0.2, -0.15) is 4.98 Å². The highest BCUT2D eigenvalue weighted by atomic mass is 32.2. The first-order valence-corrected chi connectivity index (χ1v) is 10.8. The number of aromatic nitrogens is 1. The van der Waals surface area contributed by atoms with E-state index in [9.17, 15) is 13.2 Å². The number of anilines is 1. The number of para-hydroxylation sites is 2. The molecule has 0 saturated carbocycles. The second-order valence-electron chi connectivity index (χ2n) is 7.62. The molecular formula is C18H23N3O4S. The monoisotopic (exact) mass is 377 g/mol. The third-order valence-corrected chi connectivity index (χ3v) is 7.25. The second-order valence-corrected chi connectivity index (χ2v) is 9.80. The van der Waals surface area contributed by atoms with Crippen LogP contribution in [-0.2, 0) is 14.6 Å². The number of hydrogen-bond acceptors (Lipinski definition) is 6. The number of nitrogens with one attached hydrogen (secondary N) is 1. The largest absolute Gasteiger partial charge is 0.423 e. The van der Waals surface area contributed by atoms with Crippen molar-refractivity contribution in [1.82, 2.24) is 10.3 Å². The van der Waals surface area contributed by atoms with E-state index in [4.69, 9.17) is 4.42 Å². The second kappa shape index (κ2) is 6.26. The Morgan fingerprint density at radius 2 is 2.04 bits per heavy atom. The lowest BCUT2D eigenvalue weighted by molar-refractivity contribution is -0.127. The first-order valence-electron chi connectivity index (χ1n) is 8.97. The van der Waals surface area contributed by atoms with Gasteiger partial charge in [-0.05, 0) is 38.3 Å². The Hall–Kier alpha value is -2.09. The minimum Gasteiger partial charge on any atom is -0.423 e. The summed E-state index contributed by atoms with van der Waals surface area (Å²) in [7, 11) is -3.03. The van der Waals surface area contributed by atoms with Crippen LogP contribution in [0.4, 0.5) is 6.01 Å². The predicted molar refractivity (Wildman–Crippen MR) is 98.8 cm³/mol. The van der Waals surface area contributed by atoms with Crippen molar-refractivity contribution in [1.29, 1.82) is 0 Å². The Morgan fingerprint density at radius 1 is 1.31 bits per heavy atom. The highest BCUT2D eigenvalue weighted by Gasteiger charge is 2.40. The lowest BCUT2D eigenvalue weighted by Crippen LogP contribution is -2.51. The van der Waals surface area contributed by atoms with Gasteiger partial charge in [-0.3, -0.25) is 4.79 Å². The van der Waals surface area contributed by atoms with E-state index in [2.05, 4.69) is 15.2 Å². The third kappa shape index (κ3) is 3.42. The summed E-state index contributed by atoms with van der Waals surface area (Å²) >= 11 is 0. The third-order valence-electron chi connectivity index (χ3n) is 5.35. The Bertz CT molecular complexity index is 898. The van der Waals surface area contributed by atoms with Crippen molar-refractivity contribution in [3.8, 4) is 0 Å². The lowest BCUT2D eigenvalue weighted by Gasteiger charge is -2.32. The van der Waals surface area contributed by atoms with Crippen LogP contribution in [0.1, 0.15) is 26.2 Å². The molecule has 2 aliphatic rings. The van der Waals surface area contributed by atoms with E-state index in [1.165, 1.54) is 0 Å². The molecule has 1 aromatic heterocycles. The number of benzene rings is 1. The summed E-state index contributed by atoms with van der Waals surface area (Å²) in [6, 6.07) is 8.24. The molecule has 1 atom stereocenters. The average molecular weight is 377 g/mol. The highest BCUT2D eigenvalue weighted by molar-refractivity contribution is 7.91. The van der Waals surface area contributed by atoms with E-state index < -0.39 is 15.4 Å². The zero-order chi connectivity index (χ0) is 18.4. The van der Waals surface area contributed by atoms with E-state index in [-0.39, 0.29) is 23.3 Å². The van der Waals surface area contributed by atoms with Crippen LogP contribution in [0.5, 0.6) is 0 Å². The Kier molecular flexibility index (Phi) is 4.17. The van der Waals surface area contributed by atoms with Gasteiger partial charge in [-0.1, -0.05) is 12.1 Å². The normalized spacial score (nSPS) is 26.3. The summed E-state index contributed by atoms with van der Waals surface area (Å²) in [5.74, 6) is 0.0468. The molecule has 8 heteroatoms. The number of sulfone groups is 1. The fourth-order valence-corrected chi connectivity index (χ4v) is 5.93. The van der Waals surface area contributed by atoms with Gasteiger partial charge in [0.25, 0.3) is 6.01 Å². The summed E-state index contributed by atoms with van der Waals surface area (Å²) in [4.78, 5) is 19.2. The topological polar surface area (TPSA) is 92.5 Å². The molecule has 0 bridgehead atoms. The van der Waals surface area contributed by atoms with Crippen LogP contribution in [0, 0.1) is 5.92 Å². The average Bonchev–Trinajstić information content (AvgIpc) is 3.15. The Labute approximate surface area is 152 Å². The van der Waals surface area contributed by atoms with Gasteiger partial charge >= 0.3 is 0 Å². The first kappa shape index (κ1) is 17.3. The molecule has 0 aliphatic carbocycles. The Morgan fingerprint density at radius 3 is 2.69 bits per heavy atom. The molecule has 1 unspecified atom stereocenters. The molecule has 7 nitrogen and oxygen atoms in total. The number of piperidine rings is 1. The summed E-state index contributed by atoms with van der Waals surface area (Å²) < 4.78 is 29.2. The van der Waals surface area contributed by atoms with E-state index in [0.717, 1.165) is 11.1 Å². The van der Waals surface area contributed by atoms with E-state index in [1.54, 1.807) is 0 Å². The molecular weight excluding hydrogens is 354 g/mol. The SMILES string of the molecule is CC1(NC(=O)C2CCN(c3nc4ccccc4o3)CC2)CCS(=O)(=O)C1. The highest BCUT2D eigenvalue weighted by Crippen LogP contribution is 2.28. The lowest BCUT2D eigenvalue weighted by atomic mass is 9.93. The predicted octanol–water partition coefficient (Wildman–Crippen LogP) is 1.74. The maximum absolute atomic E-state index is 12.6. The maximum Gasteiger partial charge on any atom is 0.298 e. The molecule has 1 N–H and O–H groups in total. The van der Waals surface area contributed by atoms with Gasteiger partial charge in [0.1, 0.15) is 5.52 Å². The van der Waals surface area contributed by atoms with Crippen LogP contribution in [0.2, 0.25) is 0 Å². The van der Waals surface area contributed by atoms with Crippen LogP contribution >= 0.6 is 0 Å². The van der Waals surface area contributed by atoms with Crippen LogP contribution in [0.3, 0.4) is 0 Å². The van der Waals surface area contributed by atoms with E-state index >= 15 is 0 Å². The molecule has 2 fully saturated rings. The van der Waals surface area contributed by atoms with Crippen molar-refractivity contribution in [2.24, 2.45) is 5.92 Å². The van der Waals surface area contributed by atoms with Crippen LogP contribution < -0.4 is 10.2 Å². The number of oxazole rings is 1. The molecule has 0 spiro atoms. The van der Waals surface area contributed by atoms with Gasteiger partial charge in [0, 0.05) is 19.0 Å².